The van der Waals surface area contributed by atoms with Gasteiger partial charge in [0.25, 0.3) is 0 Å². The Kier molecular flexibility index (Phi) is 5.10. The lowest BCUT2D eigenvalue weighted by Crippen LogP contribution is -2.49. The molecule has 0 saturated carbocycles. The van der Waals surface area contributed by atoms with Crippen molar-refractivity contribution in [3.05, 3.63) is 28.8 Å². The molecule has 4 heteroatoms. The smallest absolute Gasteiger partial charge is 0.293 e. The van der Waals surface area contributed by atoms with Gasteiger partial charge < -0.3 is 0 Å². The second-order valence-corrected chi connectivity index (χ2v) is 4.48. The first-order valence-electron chi connectivity index (χ1n) is 6.68. The van der Waals surface area contributed by atoms with E-state index in [4.69, 9.17) is 0 Å². The molecule has 1 fully saturated rings. The summed E-state index contributed by atoms with van der Waals surface area (Å²) in [7, 11) is 0. The molecule has 19 heavy (non-hydrogen) atoms. The number of carbonyl (C=O) groups is 2. The normalized spacial score (nSPS) is 14.7. The molecule has 3 amide bonds. The number of nitrogens with one attached hydrogen (secondary N) is 1. The first-order chi connectivity index (χ1) is 8.99. The summed E-state index contributed by atoms with van der Waals surface area (Å²) in [5.41, 5.74) is 4.25. The van der Waals surface area contributed by atoms with Crippen molar-refractivity contribution < 1.29 is 9.59 Å². The predicted molar refractivity (Wildman–Crippen MR) is 77.5 cm³/mol. The number of rotatable bonds is 1. The molecule has 4 nitrogen and oxygen atoms in total. The van der Waals surface area contributed by atoms with E-state index >= 15 is 0 Å². The van der Waals surface area contributed by atoms with E-state index in [1.807, 2.05) is 40.7 Å². The van der Waals surface area contributed by atoms with Gasteiger partial charge in [0.05, 0.1) is 0 Å². The van der Waals surface area contributed by atoms with Crippen molar-refractivity contribution in [1.82, 2.24) is 5.32 Å². The van der Waals surface area contributed by atoms with Crippen LogP contribution in [0.25, 0.3) is 0 Å². The molecular weight excluding hydrogens is 240 g/mol. The van der Waals surface area contributed by atoms with Crippen molar-refractivity contribution in [3.63, 3.8) is 0 Å². The SMILES string of the molecule is CC.Cc1cc(C)c(C)c(N2CCC(=O)NC2=O)c1. The highest BCUT2D eigenvalue weighted by atomic mass is 16.2. The third kappa shape index (κ3) is 3.34. The number of hydrogen-bond donors (Lipinski definition) is 1. The molecule has 0 atom stereocenters. The lowest BCUT2D eigenvalue weighted by molar-refractivity contribution is -0.120. The lowest BCUT2D eigenvalue weighted by Gasteiger charge is -2.28. The van der Waals surface area contributed by atoms with E-state index in [-0.39, 0.29) is 11.9 Å². The van der Waals surface area contributed by atoms with Gasteiger partial charge in [-0.3, -0.25) is 15.0 Å². The molecule has 0 radical (unpaired) electrons. The zero-order chi connectivity index (χ0) is 14.6. The fourth-order valence-electron chi connectivity index (χ4n) is 2.09. The van der Waals surface area contributed by atoms with Gasteiger partial charge in [-0.2, -0.15) is 0 Å². The average Bonchev–Trinajstić information content (AvgIpc) is 2.37. The topological polar surface area (TPSA) is 49.4 Å². The second kappa shape index (κ2) is 6.36. The third-order valence-electron chi connectivity index (χ3n) is 3.13. The summed E-state index contributed by atoms with van der Waals surface area (Å²) in [4.78, 5) is 24.5. The van der Waals surface area contributed by atoms with E-state index in [1.165, 1.54) is 0 Å². The van der Waals surface area contributed by atoms with Crippen molar-refractivity contribution in [2.45, 2.75) is 41.0 Å². The zero-order valence-electron chi connectivity index (χ0n) is 12.3. The van der Waals surface area contributed by atoms with Gasteiger partial charge in [0, 0.05) is 18.7 Å². The van der Waals surface area contributed by atoms with E-state index in [1.54, 1.807) is 4.90 Å². The summed E-state index contributed by atoms with van der Waals surface area (Å²) in [6.45, 7) is 10.5. The van der Waals surface area contributed by atoms with Crippen molar-refractivity contribution in [2.24, 2.45) is 0 Å². The first-order valence-corrected chi connectivity index (χ1v) is 6.68. The molecule has 0 aliphatic carbocycles. The van der Waals surface area contributed by atoms with Crippen LogP contribution in [0.5, 0.6) is 0 Å². The Morgan fingerprint density at radius 3 is 2.32 bits per heavy atom. The van der Waals surface area contributed by atoms with E-state index in [9.17, 15) is 9.59 Å². The number of imide groups is 1. The van der Waals surface area contributed by atoms with Gasteiger partial charge in [0.15, 0.2) is 0 Å². The van der Waals surface area contributed by atoms with Crippen LogP contribution in [0.2, 0.25) is 0 Å². The molecule has 1 heterocycles. The van der Waals surface area contributed by atoms with Gasteiger partial charge in [-0.25, -0.2) is 4.79 Å². The van der Waals surface area contributed by atoms with Crippen LogP contribution < -0.4 is 10.2 Å². The minimum Gasteiger partial charge on any atom is -0.293 e. The molecule has 0 unspecified atom stereocenters. The Hall–Kier alpha value is -1.84. The molecule has 1 saturated heterocycles. The molecule has 0 aromatic heterocycles. The number of anilines is 1. The van der Waals surface area contributed by atoms with Crippen molar-refractivity contribution in [3.8, 4) is 0 Å². The number of hydrogen-bond acceptors (Lipinski definition) is 2. The highest BCUT2D eigenvalue weighted by molar-refractivity contribution is 6.06. The van der Waals surface area contributed by atoms with Gasteiger partial charge in [0.2, 0.25) is 5.91 Å². The summed E-state index contributed by atoms with van der Waals surface area (Å²) < 4.78 is 0. The molecule has 2 rings (SSSR count). The Bertz CT molecular complexity index is 495. The highest BCUT2D eigenvalue weighted by Crippen LogP contribution is 2.26. The van der Waals surface area contributed by atoms with Crippen molar-refractivity contribution in [2.75, 3.05) is 11.4 Å². The van der Waals surface area contributed by atoms with Crippen LogP contribution in [0.15, 0.2) is 12.1 Å². The van der Waals surface area contributed by atoms with Crippen LogP contribution in [0.3, 0.4) is 0 Å². The maximum Gasteiger partial charge on any atom is 0.328 e. The van der Waals surface area contributed by atoms with Gasteiger partial charge in [0.1, 0.15) is 0 Å². The van der Waals surface area contributed by atoms with E-state index in [2.05, 4.69) is 11.4 Å². The van der Waals surface area contributed by atoms with Crippen LogP contribution in [-0.2, 0) is 4.79 Å². The largest absolute Gasteiger partial charge is 0.328 e. The minimum absolute atomic E-state index is 0.201. The number of carbonyl (C=O) groups excluding carboxylic acids is 2. The predicted octanol–water partition coefficient (Wildman–Crippen LogP) is 3.08. The molecule has 104 valence electrons. The summed E-state index contributed by atoms with van der Waals surface area (Å²) in [5, 5.41) is 2.34. The summed E-state index contributed by atoms with van der Waals surface area (Å²) in [6.07, 6.45) is 0.359. The first kappa shape index (κ1) is 15.2. The Morgan fingerprint density at radius 1 is 1.11 bits per heavy atom. The minimum atomic E-state index is -0.325. The van der Waals surface area contributed by atoms with Gasteiger partial charge >= 0.3 is 6.03 Å². The van der Waals surface area contributed by atoms with Crippen LogP contribution in [0.1, 0.15) is 37.0 Å². The molecule has 0 bridgehead atoms. The quantitative estimate of drug-likeness (QED) is 0.845. The number of benzene rings is 1. The average molecular weight is 262 g/mol. The summed E-state index contributed by atoms with van der Waals surface area (Å²) in [6, 6.07) is 3.75. The number of aryl methyl sites for hydroxylation is 2. The van der Waals surface area contributed by atoms with E-state index < -0.39 is 0 Å². The van der Waals surface area contributed by atoms with Gasteiger partial charge in [-0.1, -0.05) is 19.9 Å². The van der Waals surface area contributed by atoms with E-state index in [0.29, 0.717) is 13.0 Å². The second-order valence-electron chi connectivity index (χ2n) is 4.48. The molecule has 1 aliphatic heterocycles. The van der Waals surface area contributed by atoms with Crippen LogP contribution in [0.4, 0.5) is 10.5 Å². The van der Waals surface area contributed by atoms with Crippen LogP contribution >= 0.6 is 0 Å². The van der Waals surface area contributed by atoms with Gasteiger partial charge in [-0.15, -0.1) is 0 Å². The Labute approximate surface area is 114 Å². The van der Waals surface area contributed by atoms with Crippen molar-refractivity contribution >= 4 is 17.6 Å². The molecule has 1 aliphatic rings. The summed E-state index contributed by atoms with van der Waals surface area (Å²) in [5.74, 6) is -0.201. The van der Waals surface area contributed by atoms with E-state index in [0.717, 1.165) is 22.4 Å². The standard InChI is InChI=1S/C13H16N2O2.C2H6/c1-8-6-9(2)10(3)11(7-8)15-5-4-12(16)14-13(15)17;1-2/h6-7H,4-5H2,1-3H3,(H,14,16,17);1-2H3. The fraction of sp³-hybridized carbons (Fsp3) is 0.467. The molecule has 1 aromatic carbocycles. The number of nitrogens with zero attached hydrogens (tertiary/aromatic N) is 1. The Morgan fingerprint density at radius 2 is 1.74 bits per heavy atom. The van der Waals surface area contributed by atoms with Crippen molar-refractivity contribution in [1.29, 1.82) is 0 Å². The monoisotopic (exact) mass is 262 g/mol. The number of amides is 3. The molecule has 1 N–H and O–H groups in total. The third-order valence-corrected chi connectivity index (χ3v) is 3.13. The maximum absolute atomic E-state index is 11.8. The van der Waals surface area contributed by atoms with Crippen LogP contribution in [-0.4, -0.2) is 18.5 Å². The fourth-order valence-corrected chi connectivity index (χ4v) is 2.09. The Balaban J connectivity index is 0.000000861. The highest BCUT2D eigenvalue weighted by Gasteiger charge is 2.25. The maximum atomic E-state index is 11.8. The summed E-state index contributed by atoms with van der Waals surface area (Å²) >= 11 is 0. The molecule has 0 spiro atoms. The van der Waals surface area contributed by atoms with Gasteiger partial charge in [-0.05, 0) is 43.5 Å². The molecule has 1 aromatic rings. The van der Waals surface area contributed by atoms with Crippen LogP contribution in [0, 0.1) is 20.8 Å². The number of urea groups is 1. The lowest BCUT2D eigenvalue weighted by atomic mass is 10.0. The zero-order valence-corrected chi connectivity index (χ0v) is 12.3. The molecular formula is C15H22N2O2.